The first-order valence-electron chi connectivity index (χ1n) is 6.76. The zero-order chi connectivity index (χ0) is 18.5. The van der Waals surface area contributed by atoms with E-state index in [-0.39, 0.29) is 0 Å². The minimum absolute atomic E-state index is 0.414. The Bertz CT molecular complexity index is 723. The highest BCUT2D eigenvalue weighted by atomic mass is 19.4. The Morgan fingerprint density at radius 1 is 1.12 bits per heavy atom. The lowest BCUT2D eigenvalue weighted by Gasteiger charge is -2.26. The predicted octanol–water partition coefficient (Wildman–Crippen LogP) is 1.55. The van der Waals surface area contributed by atoms with Gasteiger partial charge in [-0.15, -0.1) is 0 Å². The molecule has 0 unspecified atom stereocenters. The highest BCUT2D eigenvalue weighted by Crippen LogP contribution is 2.13. The third-order valence-electron chi connectivity index (χ3n) is 2.46. The van der Waals surface area contributed by atoms with Gasteiger partial charge >= 0.3 is 18.2 Å². The van der Waals surface area contributed by atoms with Crippen LogP contribution in [0.15, 0.2) is 24.3 Å². The van der Waals surface area contributed by atoms with Crippen LogP contribution in [-0.4, -0.2) is 34.0 Å². The molecule has 2 rings (SSSR count). The maximum atomic E-state index is 11.8. The smallest absolute Gasteiger partial charge is 0.475 e. The first kappa shape index (κ1) is 19.3. The molecule has 0 saturated carbocycles. The van der Waals surface area contributed by atoms with Gasteiger partial charge in [0, 0.05) is 22.8 Å². The number of carboxylic acid groups (broad SMARTS) is 1. The van der Waals surface area contributed by atoms with Crippen LogP contribution < -0.4 is 15.9 Å². The number of carbonyl (C=O) groups is 2. The van der Waals surface area contributed by atoms with Crippen molar-refractivity contribution in [3.63, 3.8) is 0 Å². The number of hydrogen-bond donors (Lipinski definition) is 2. The minimum Gasteiger partial charge on any atom is -0.475 e. The van der Waals surface area contributed by atoms with Gasteiger partial charge in [-0.25, -0.2) is 9.59 Å². The number of rotatable bonds is 0. The van der Waals surface area contributed by atoms with Crippen LogP contribution >= 0.6 is 0 Å². The van der Waals surface area contributed by atoms with Gasteiger partial charge in [0.1, 0.15) is 5.60 Å². The quantitative estimate of drug-likeness (QED) is 0.745. The van der Waals surface area contributed by atoms with E-state index in [1.807, 2.05) is 45.0 Å². The van der Waals surface area contributed by atoms with Crippen molar-refractivity contribution in [2.45, 2.75) is 32.5 Å². The van der Waals surface area contributed by atoms with Crippen molar-refractivity contribution >= 4 is 24.5 Å². The number of benzene rings is 1. The highest BCUT2D eigenvalue weighted by molar-refractivity contribution is 5.73. The fourth-order valence-electron chi connectivity index (χ4n) is 1.49. The van der Waals surface area contributed by atoms with E-state index in [2.05, 4.69) is 5.43 Å². The van der Waals surface area contributed by atoms with Crippen LogP contribution in [-0.2, 0) is 9.53 Å². The Hall–Kier alpha value is -2.71. The molecule has 6 nitrogen and oxygen atoms in total. The molecule has 1 amide bonds. The van der Waals surface area contributed by atoms with Crippen molar-refractivity contribution in [3.05, 3.63) is 34.7 Å². The lowest BCUT2D eigenvalue weighted by molar-refractivity contribution is -0.192. The molecule has 1 aliphatic heterocycles. The molecule has 0 saturated heterocycles. The van der Waals surface area contributed by atoms with Crippen LogP contribution in [0.4, 0.5) is 18.0 Å². The third kappa shape index (κ3) is 6.19. The third-order valence-corrected chi connectivity index (χ3v) is 2.46. The number of hydrogen-bond acceptors (Lipinski definition) is 4. The van der Waals surface area contributed by atoms with Gasteiger partial charge in [0.15, 0.2) is 0 Å². The number of nitrogens with one attached hydrogen (secondary N) is 1. The number of fused-ring (bicyclic) bond motifs is 1. The van der Waals surface area contributed by atoms with Crippen LogP contribution in [0.5, 0.6) is 0 Å². The maximum Gasteiger partial charge on any atom is 0.490 e. The number of carbonyl (C=O) groups excluding carboxylic acids is 1. The number of ether oxygens (including phenoxy) is 1. The summed E-state index contributed by atoms with van der Waals surface area (Å²) in [7, 11) is 0. The molecule has 2 N–H and O–H groups in total. The molecule has 132 valence electrons. The summed E-state index contributed by atoms with van der Waals surface area (Å²) in [6, 6.07) is 7.81. The van der Waals surface area contributed by atoms with Crippen LogP contribution in [0, 0.1) is 0 Å². The van der Waals surface area contributed by atoms with E-state index in [4.69, 9.17) is 14.6 Å². The van der Waals surface area contributed by atoms with Crippen molar-refractivity contribution in [2.24, 2.45) is 0 Å². The molecule has 1 heterocycles. The Kier molecular flexibility index (Phi) is 5.83. The van der Waals surface area contributed by atoms with Crippen molar-refractivity contribution in [1.82, 2.24) is 10.4 Å². The molecule has 0 spiro atoms. The fraction of sp³-hybridized carbons (Fsp3) is 0.333. The summed E-state index contributed by atoms with van der Waals surface area (Å²) in [5, 5.41) is 10.5. The summed E-state index contributed by atoms with van der Waals surface area (Å²) < 4.78 is 37.0. The number of halogens is 3. The van der Waals surface area contributed by atoms with Gasteiger partial charge in [0.05, 0.1) is 0 Å². The van der Waals surface area contributed by atoms with E-state index < -0.39 is 23.8 Å². The second kappa shape index (κ2) is 7.24. The van der Waals surface area contributed by atoms with E-state index in [9.17, 15) is 18.0 Å². The molecule has 0 fully saturated rings. The number of carboxylic acids is 1. The predicted molar refractivity (Wildman–Crippen MR) is 79.5 cm³/mol. The summed E-state index contributed by atoms with van der Waals surface area (Å²) in [6.07, 6.45) is -1.99. The summed E-state index contributed by atoms with van der Waals surface area (Å²) in [5.41, 5.74) is 2.38. The number of amides is 1. The lowest BCUT2D eigenvalue weighted by atomic mass is 10.2. The normalized spacial score (nSPS) is 13.2. The summed E-state index contributed by atoms with van der Waals surface area (Å²) in [5.74, 6) is -2.76. The van der Waals surface area contributed by atoms with E-state index in [1.165, 1.54) is 5.01 Å². The Balaban J connectivity index is 0.000000351. The average molecular weight is 346 g/mol. The van der Waals surface area contributed by atoms with Gasteiger partial charge in [0.2, 0.25) is 0 Å². The van der Waals surface area contributed by atoms with E-state index in [1.54, 1.807) is 12.4 Å². The van der Waals surface area contributed by atoms with Gasteiger partial charge in [-0.2, -0.15) is 18.2 Å². The molecule has 0 aliphatic carbocycles. The summed E-state index contributed by atoms with van der Waals surface area (Å²) >= 11 is 0. The van der Waals surface area contributed by atoms with E-state index >= 15 is 0 Å². The number of nitrogens with zero attached hydrogens (tertiary/aromatic N) is 1. The molecular formula is C15H17F3N2O4. The van der Waals surface area contributed by atoms with Gasteiger partial charge in [-0.05, 0) is 20.8 Å². The van der Waals surface area contributed by atoms with Crippen molar-refractivity contribution < 1.29 is 32.6 Å². The summed E-state index contributed by atoms with van der Waals surface area (Å²) in [6.45, 7) is 5.52. The van der Waals surface area contributed by atoms with Crippen molar-refractivity contribution in [2.75, 3.05) is 0 Å². The molecule has 0 atom stereocenters. The maximum absolute atomic E-state index is 11.8. The van der Waals surface area contributed by atoms with Gasteiger partial charge in [-0.3, -0.25) is 5.43 Å². The molecular weight excluding hydrogens is 329 g/mol. The molecule has 1 aromatic rings. The van der Waals surface area contributed by atoms with Gasteiger partial charge in [-0.1, -0.05) is 24.3 Å². The molecule has 1 aromatic carbocycles. The molecule has 0 bridgehead atoms. The molecule has 0 radical (unpaired) electrons. The SMILES string of the molecule is CC(C)(C)OC(=O)N1C=c2ccccc2=CN1.O=C(O)C(F)(F)F. The molecule has 24 heavy (non-hydrogen) atoms. The van der Waals surface area contributed by atoms with Crippen LogP contribution in [0.25, 0.3) is 12.4 Å². The first-order valence-corrected chi connectivity index (χ1v) is 6.76. The second-order valence-corrected chi connectivity index (χ2v) is 5.68. The largest absolute Gasteiger partial charge is 0.490 e. The first-order chi connectivity index (χ1) is 10.9. The van der Waals surface area contributed by atoms with Crippen molar-refractivity contribution in [3.8, 4) is 0 Å². The monoisotopic (exact) mass is 346 g/mol. The zero-order valence-electron chi connectivity index (χ0n) is 13.2. The number of aliphatic carboxylic acids is 1. The van der Waals surface area contributed by atoms with Crippen LogP contribution in [0.2, 0.25) is 0 Å². The van der Waals surface area contributed by atoms with E-state index in [0.717, 1.165) is 10.4 Å². The number of hydrazine groups is 1. The molecule has 1 aliphatic rings. The topological polar surface area (TPSA) is 78.9 Å². The van der Waals surface area contributed by atoms with E-state index in [0.29, 0.717) is 0 Å². The molecule has 0 aromatic heterocycles. The van der Waals surface area contributed by atoms with Gasteiger partial charge in [0.25, 0.3) is 0 Å². The summed E-state index contributed by atoms with van der Waals surface area (Å²) in [4.78, 5) is 20.7. The standard InChI is InChI=1S/C13H16N2O2.C2HF3O2/c1-13(2,3)17-12(16)15-9-11-7-5-4-6-10(11)8-14-15;3-2(4,5)1(6)7/h4-9,14H,1-3H3;(H,6,7). The average Bonchev–Trinajstić information content (AvgIpc) is 2.44. The Morgan fingerprint density at radius 3 is 2.08 bits per heavy atom. The highest BCUT2D eigenvalue weighted by Gasteiger charge is 2.38. The Morgan fingerprint density at radius 2 is 1.62 bits per heavy atom. The van der Waals surface area contributed by atoms with Crippen LogP contribution in [0.1, 0.15) is 20.8 Å². The second-order valence-electron chi connectivity index (χ2n) is 5.68. The number of alkyl halides is 3. The van der Waals surface area contributed by atoms with Crippen LogP contribution in [0.3, 0.4) is 0 Å². The lowest BCUT2D eigenvalue weighted by Crippen LogP contribution is -2.46. The zero-order valence-corrected chi connectivity index (χ0v) is 13.2. The fourth-order valence-corrected chi connectivity index (χ4v) is 1.49. The molecule has 9 heteroatoms. The minimum atomic E-state index is -5.08. The van der Waals surface area contributed by atoms with Crippen molar-refractivity contribution in [1.29, 1.82) is 0 Å². The van der Waals surface area contributed by atoms with Gasteiger partial charge < -0.3 is 9.84 Å². The Labute approximate surface area is 135 Å².